The van der Waals surface area contributed by atoms with Gasteiger partial charge in [0, 0.05) is 12.4 Å². The van der Waals surface area contributed by atoms with Crippen LogP contribution in [0.5, 0.6) is 5.75 Å². The van der Waals surface area contributed by atoms with E-state index < -0.39 is 11.7 Å². The minimum absolute atomic E-state index is 0.0784. The largest absolute Gasteiger partial charge is 0.496 e. The number of alkyl halides is 1. The number of hydrogen-bond acceptors (Lipinski definition) is 2. The number of nitrogens with one attached hydrogen (secondary N) is 1. The number of carbonyl (C=O) groups excluding carboxylic acids is 1. The van der Waals surface area contributed by atoms with Gasteiger partial charge < -0.3 is 10.1 Å². The molecule has 18 heavy (non-hydrogen) atoms. The Balaban J connectivity index is 2.85. The summed E-state index contributed by atoms with van der Waals surface area (Å²) >= 11 is 5.76. The van der Waals surface area contributed by atoms with E-state index in [-0.39, 0.29) is 16.7 Å². The molecule has 1 rings (SSSR count). The van der Waals surface area contributed by atoms with Gasteiger partial charge in [0.25, 0.3) is 5.91 Å². The highest BCUT2D eigenvalue weighted by Crippen LogP contribution is 2.21. The maximum atomic E-state index is 13.6. The number of ether oxygens (including phenoxy) is 1. The zero-order chi connectivity index (χ0) is 13.8. The summed E-state index contributed by atoms with van der Waals surface area (Å²) in [5.41, 5.74) is -0.319. The molecule has 0 heterocycles. The first-order valence-corrected chi connectivity index (χ1v) is 6.11. The molecule has 0 atom stereocenters. The van der Waals surface area contributed by atoms with Crippen molar-refractivity contribution in [1.29, 1.82) is 0 Å². The van der Waals surface area contributed by atoms with Crippen LogP contribution in [0.2, 0.25) is 0 Å². The Bertz CT molecular complexity index is 435. The van der Waals surface area contributed by atoms with Crippen molar-refractivity contribution in [2.75, 3.05) is 19.5 Å². The summed E-state index contributed by atoms with van der Waals surface area (Å²) < 4.78 is 18.6. The van der Waals surface area contributed by atoms with Crippen LogP contribution in [-0.2, 0) is 0 Å². The smallest absolute Gasteiger partial charge is 0.258 e. The Kier molecular flexibility index (Phi) is 4.96. The molecule has 0 saturated heterocycles. The molecule has 0 radical (unpaired) electrons. The molecule has 0 spiro atoms. The number of carbonyl (C=O) groups is 1. The van der Waals surface area contributed by atoms with E-state index in [0.29, 0.717) is 12.4 Å². The minimum Gasteiger partial charge on any atom is -0.496 e. The van der Waals surface area contributed by atoms with Crippen molar-refractivity contribution in [2.45, 2.75) is 13.8 Å². The third-order valence-electron chi connectivity index (χ3n) is 2.51. The van der Waals surface area contributed by atoms with Crippen molar-refractivity contribution >= 4 is 17.5 Å². The molecule has 5 heteroatoms. The number of amides is 1. The van der Waals surface area contributed by atoms with Gasteiger partial charge in [-0.2, -0.15) is 0 Å². The molecule has 1 aromatic rings. The fraction of sp³-hybridized carbons (Fsp3) is 0.462. The van der Waals surface area contributed by atoms with E-state index in [1.807, 2.05) is 13.8 Å². The fourth-order valence-corrected chi connectivity index (χ4v) is 1.44. The van der Waals surface area contributed by atoms with Crippen LogP contribution in [0.25, 0.3) is 0 Å². The molecule has 0 aliphatic rings. The number of rotatable bonds is 5. The van der Waals surface area contributed by atoms with E-state index in [1.54, 1.807) is 6.07 Å². The number of hydrogen-bond donors (Lipinski definition) is 1. The predicted octanol–water partition coefficient (Wildman–Crippen LogP) is 2.83. The highest BCUT2D eigenvalue weighted by atomic mass is 35.5. The lowest BCUT2D eigenvalue weighted by Crippen LogP contribution is -2.35. The quantitative estimate of drug-likeness (QED) is 0.838. The molecule has 0 unspecified atom stereocenters. The van der Waals surface area contributed by atoms with Gasteiger partial charge in [0.15, 0.2) is 0 Å². The first-order chi connectivity index (χ1) is 8.41. The second kappa shape index (κ2) is 6.05. The lowest BCUT2D eigenvalue weighted by atomic mass is 9.96. The Hall–Kier alpha value is -1.29. The molecular formula is C13H17ClFNO2. The van der Waals surface area contributed by atoms with Crippen LogP contribution in [0.15, 0.2) is 18.2 Å². The molecule has 3 nitrogen and oxygen atoms in total. The van der Waals surface area contributed by atoms with Gasteiger partial charge >= 0.3 is 0 Å². The molecule has 0 saturated carbocycles. The highest BCUT2D eigenvalue weighted by molar-refractivity contribution is 6.18. The molecule has 0 aromatic heterocycles. The summed E-state index contributed by atoms with van der Waals surface area (Å²) in [5.74, 6) is -0.475. The standard InChI is InChI=1S/C13H17ClFNO2/c1-13(2,7-14)8-16-12(17)11-9(15)5-4-6-10(11)18-3/h4-6H,7-8H2,1-3H3,(H,16,17). The second-order valence-corrected chi connectivity index (χ2v) is 5.06. The minimum atomic E-state index is -0.601. The van der Waals surface area contributed by atoms with E-state index in [4.69, 9.17) is 16.3 Å². The molecule has 0 aliphatic carbocycles. The summed E-state index contributed by atoms with van der Waals surface area (Å²) in [5, 5.41) is 2.66. The molecular weight excluding hydrogens is 257 g/mol. The first-order valence-electron chi connectivity index (χ1n) is 5.58. The number of benzene rings is 1. The molecule has 0 aliphatic heterocycles. The van der Waals surface area contributed by atoms with Gasteiger partial charge in [-0.15, -0.1) is 11.6 Å². The van der Waals surface area contributed by atoms with E-state index in [2.05, 4.69) is 5.32 Å². The van der Waals surface area contributed by atoms with E-state index >= 15 is 0 Å². The summed E-state index contributed by atoms with van der Waals surface area (Å²) in [7, 11) is 1.40. The van der Waals surface area contributed by atoms with Crippen LogP contribution in [0.3, 0.4) is 0 Å². The number of methoxy groups -OCH3 is 1. The SMILES string of the molecule is COc1cccc(F)c1C(=O)NCC(C)(C)CCl. The van der Waals surface area contributed by atoms with Gasteiger partial charge in [-0.1, -0.05) is 19.9 Å². The molecule has 1 N–H and O–H groups in total. The second-order valence-electron chi connectivity index (χ2n) is 4.80. The third kappa shape index (κ3) is 3.60. The zero-order valence-electron chi connectivity index (χ0n) is 10.7. The van der Waals surface area contributed by atoms with Crippen LogP contribution >= 0.6 is 11.6 Å². The molecule has 100 valence electrons. The predicted molar refractivity (Wildman–Crippen MR) is 69.8 cm³/mol. The van der Waals surface area contributed by atoms with Crippen LogP contribution in [0, 0.1) is 11.2 Å². The van der Waals surface area contributed by atoms with Gasteiger partial charge in [-0.25, -0.2) is 4.39 Å². The Morgan fingerprint density at radius 3 is 2.72 bits per heavy atom. The average Bonchev–Trinajstić information content (AvgIpc) is 2.35. The monoisotopic (exact) mass is 273 g/mol. The van der Waals surface area contributed by atoms with Crippen LogP contribution < -0.4 is 10.1 Å². The van der Waals surface area contributed by atoms with Crippen LogP contribution in [0.4, 0.5) is 4.39 Å². The summed E-state index contributed by atoms with van der Waals surface area (Å²) in [6.45, 7) is 4.20. The average molecular weight is 274 g/mol. The molecule has 1 amide bonds. The highest BCUT2D eigenvalue weighted by Gasteiger charge is 2.21. The third-order valence-corrected chi connectivity index (χ3v) is 3.24. The maximum absolute atomic E-state index is 13.6. The van der Waals surface area contributed by atoms with E-state index in [9.17, 15) is 9.18 Å². The molecule has 0 fully saturated rings. The Morgan fingerprint density at radius 2 is 2.17 bits per heavy atom. The van der Waals surface area contributed by atoms with Crippen LogP contribution in [0.1, 0.15) is 24.2 Å². The maximum Gasteiger partial charge on any atom is 0.258 e. The summed E-state index contributed by atoms with van der Waals surface area (Å²) in [6.07, 6.45) is 0. The van der Waals surface area contributed by atoms with Gasteiger partial charge in [-0.3, -0.25) is 4.79 Å². The summed E-state index contributed by atoms with van der Waals surface area (Å²) in [4.78, 5) is 11.9. The van der Waals surface area contributed by atoms with E-state index in [1.165, 1.54) is 19.2 Å². The molecule has 0 bridgehead atoms. The van der Waals surface area contributed by atoms with Crippen molar-refractivity contribution in [2.24, 2.45) is 5.41 Å². The van der Waals surface area contributed by atoms with Gasteiger partial charge in [0.2, 0.25) is 0 Å². The first kappa shape index (κ1) is 14.8. The molecule has 1 aromatic carbocycles. The lowest BCUT2D eigenvalue weighted by molar-refractivity contribution is 0.0932. The normalized spacial score (nSPS) is 11.2. The fourth-order valence-electron chi connectivity index (χ4n) is 1.35. The lowest BCUT2D eigenvalue weighted by Gasteiger charge is -2.22. The summed E-state index contributed by atoms with van der Waals surface area (Å²) in [6, 6.07) is 4.27. The number of halogens is 2. The van der Waals surface area contributed by atoms with Crippen molar-refractivity contribution in [3.05, 3.63) is 29.6 Å². The van der Waals surface area contributed by atoms with Crippen molar-refractivity contribution in [3.8, 4) is 5.75 Å². The van der Waals surface area contributed by atoms with Gasteiger partial charge in [0.05, 0.1) is 7.11 Å². The van der Waals surface area contributed by atoms with Gasteiger partial charge in [0.1, 0.15) is 17.1 Å². The zero-order valence-corrected chi connectivity index (χ0v) is 11.5. The van der Waals surface area contributed by atoms with Crippen molar-refractivity contribution in [1.82, 2.24) is 5.32 Å². The van der Waals surface area contributed by atoms with Crippen LogP contribution in [-0.4, -0.2) is 25.4 Å². The van der Waals surface area contributed by atoms with E-state index in [0.717, 1.165) is 0 Å². The van der Waals surface area contributed by atoms with Crippen molar-refractivity contribution < 1.29 is 13.9 Å². The Morgan fingerprint density at radius 1 is 1.50 bits per heavy atom. The topological polar surface area (TPSA) is 38.3 Å². The van der Waals surface area contributed by atoms with Gasteiger partial charge in [-0.05, 0) is 17.5 Å². The Labute approximate surface area is 111 Å². The van der Waals surface area contributed by atoms with Crippen molar-refractivity contribution in [3.63, 3.8) is 0 Å².